The van der Waals surface area contributed by atoms with E-state index in [4.69, 9.17) is 5.84 Å². The van der Waals surface area contributed by atoms with E-state index in [1.54, 1.807) is 24.3 Å². The van der Waals surface area contributed by atoms with Crippen LogP contribution in [0, 0.1) is 11.6 Å². The van der Waals surface area contributed by atoms with Crippen molar-refractivity contribution in [2.75, 3.05) is 0 Å². The van der Waals surface area contributed by atoms with Crippen LogP contribution in [0.15, 0.2) is 46.9 Å². The highest BCUT2D eigenvalue weighted by Gasteiger charge is 2.14. The number of benzene rings is 2. The van der Waals surface area contributed by atoms with E-state index in [1.807, 2.05) is 0 Å². The monoisotopic (exact) mass is 312 g/mol. The lowest BCUT2D eigenvalue weighted by atomic mass is 9.99. The minimum Gasteiger partial charge on any atom is -0.271 e. The van der Waals surface area contributed by atoms with Gasteiger partial charge >= 0.3 is 0 Å². The lowest BCUT2D eigenvalue weighted by Crippen LogP contribution is -2.28. The van der Waals surface area contributed by atoms with Crippen LogP contribution in [-0.2, 0) is 0 Å². The minimum atomic E-state index is -0.381. The fourth-order valence-electron chi connectivity index (χ4n) is 1.73. The van der Waals surface area contributed by atoms with Crippen molar-refractivity contribution in [1.29, 1.82) is 0 Å². The highest BCUT2D eigenvalue weighted by atomic mass is 79.9. The molecule has 2 aromatic rings. The molecule has 0 saturated heterocycles. The van der Waals surface area contributed by atoms with Crippen LogP contribution in [0.5, 0.6) is 0 Å². The number of halogens is 3. The van der Waals surface area contributed by atoms with Gasteiger partial charge in [-0.1, -0.05) is 18.2 Å². The van der Waals surface area contributed by atoms with Gasteiger partial charge in [0.15, 0.2) is 0 Å². The summed E-state index contributed by atoms with van der Waals surface area (Å²) in [5, 5.41) is 0. The van der Waals surface area contributed by atoms with Gasteiger partial charge in [-0.25, -0.2) is 14.2 Å². The summed E-state index contributed by atoms with van der Waals surface area (Å²) in [6, 6.07) is 10.3. The van der Waals surface area contributed by atoms with E-state index in [0.29, 0.717) is 10.0 Å². The van der Waals surface area contributed by atoms with Gasteiger partial charge in [0, 0.05) is 0 Å². The van der Waals surface area contributed by atoms with E-state index in [-0.39, 0.29) is 17.7 Å². The molecule has 2 nitrogen and oxygen atoms in total. The lowest BCUT2D eigenvalue weighted by Gasteiger charge is -2.17. The van der Waals surface area contributed by atoms with Gasteiger partial charge in [0.05, 0.1) is 10.5 Å². The van der Waals surface area contributed by atoms with Gasteiger partial charge in [-0.3, -0.25) is 5.84 Å². The Morgan fingerprint density at radius 3 is 2.17 bits per heavy atom. The molecule has 0 radical (unpaired) electrons. The SMILES string of the molecule is NNC(c1ccc(F)cc1)c1ccc(Br)c(F)c1. The van der Waals surface area contributed by atoms with Gasteiger partial charge < -0.3 is 0 Å². The Hall–Kier alpha value is -1.30. The molecule has 0 aliphatic heterocycles. The predicted molar refractivity (Wildman–Crippen MR) is 69.7 cm³/mol. The van der Waals surface area contributed by atoms with Crippen LogP contribution in [0.3, 0.4) is 0 Å². The number of nitrogens with two attached hydrogens (primary N) is 1. The first-order valence-corrected chi connectivity index (χ1v) is 6.07. The molecule has 0 heterocycles. The molecule has 94 valence electrons. The van der Waals surface area contributed by atoms with E-state index in [9.17, 15) is 8.78 Å². The number of hydrogen-bond acceptors (Lipinski definition) is 2. The molecule has 0 spiro atoms. The molecule has 0 bridgehead atoms. The molecule has 1 atom stereocenters. The molecule has 5 heteroatoms. The van der Waals surface area contributed by atoms with Crippen LogP contribution in [0.4, 0.5) is 8.78 Å². The first-order chi connectivity index (χ1) is 8.61. The summed E-state index contributed by atoms with van der Waals surface area (Å²) in [6.45, 7) is 0. The largest absolute Gasteiger partial charge is 0.271 e. The molecular weight excluding hydrogens is 302 g/mol. The Bertz CT molecular complexity index is 543. The summed E-state index contributed by atoms with van der Waals surface area (Å²) < 4.78 is 26.7. The van der Waals surface area contributed by atoms with Crippen molar-refractivity contribution < 1.29 is 8.78 Å². The molecule has 2 aromatic carbocycles. The van der Waals surface area contributed by atoms with Gasteiger partial charge in [-0.2, -0.15) is 0 Å². The van der Waals surface area contributed by atoms with Crippen LogP contribution < -0.4 is 11.3 Å². The molecule has 0 saturated carbocycles. The number of rotatable bonds is 3. The van der Waals surface area contributed by atoms with Crippen molar-refractivity contribution in [2.24, 2.45) is 5.84 Å². The smallest absolute Gasteiger partial charge is 0.137 e. The fraction of sp³-hybridized carbons (Fsp3) is 0.0769. The molecule has 0 aliphatic rings. The fourth-order valence-corrected chi connectivity index (χ4v) is 1.98. The summed E-state index contributed by atoms with van der Waals surface area (Å²) in [4.78, 5) is 0. The van der Waals surface area contributed by atoms with Crippen molar-refractivity contribution in [3.05, 3.63) is 69.7 Å². The Labute approximate surface area is 112 Å². The second kappa shape index (κ2) is 5.56. The third-order valence-corrected chi connectivity index (χ3v) is 3.29. The maximum Gasteiger partial charge on any atom is 0.137 e. The summed E-state index contributed by atoms with van der Waals surface area (Å²) in [6.07, 6.45) is 0. The molecule has 3 N–H and O–H groups in total. The van der Waals surface area contributed by atoms with Crippen LogP contribution >= 0.6 is 15.9 Å². The number of hydrazine groups is 1. The maximum absolute atomic E-state index is 13.5. The highest BCUT2D eigenvalue weighted by molar-refractivity contribution is 9.10. The molecular formula is C13H11BrF2N2. The molecule has 2 rings (SSSR count). The molecule has 1 unspecified atom stereocenters. The molecule has 0 aliphatic carbocycles. The van der Waals surface area contributed by atoms with Gasteiger partial charge in [0.1, 0.15) is 11.6 Å². The third kappa shape index (κ3) is 2.75. The van der Waals surface area contributed by atoms with Gasteiger partial charge in [-0.05, 0) is 51.3 Å². The van der Waals surface area contributed by atoms with Crippen molar-refractivity contribution in [2.45, 2.75) is 6.04 Å². The normalized spacial score (nSPS) is 12.4. The second-order valence-corrected chi connectivity index (χ2v) is 4.68. The average Bonchev–Trinajstić information content (AvgIpc) is 2.37. The summed E-state index contributed by atoms with van der Waals surface area (Å²) in [5.74, 6) is 4.80. The number of hydrogen-bond donors (Lipinski definition) is 2. The zero-order valence-electron chi connectivity index (χ0n) is 9.33. The zero-order chi connectivity index (χ0) is 13.1. The number of nitrogens with one attached hydrogen (secondary N) is 1. The lowest BCUT2D eigenvalue weighted by molar-refractivity contribution is 0.597. The van der Waals surface area contributed by atoms with Gasteiger partial charge in [-0.15, -0.1) is 0 Å². The standard InChI is InChI=1S/C13H11BrF2N2/c14-11-6-3-9(7-12(11)16)13(18-17)8-1-4-10(15)5-2-8/h1-7,13,18H,17H2. The minimum absolute atomic E-state index is 0.323. The zero-order valence-corrected chi connectivity index (χ0v) is 10.9. The van der Waals surface area contributed by atoms with E-state index in [0.717, 1.165) is 5.56 Å². The van der Waals surface area contributed by atoms with E-state index >= 15 is 0 Å². The highest BCUT2D eigenvalue weighted by Crippen LogP contribution is 2.25. The topological polar surface area (TPSA) is 38.0 Å². The van der Waals surface area contributed by atoms with Crippen LogP contribution in [-0.4, -0.2) is 0 Å². The Morgan fingerprint density at radius 1 is 1.00 bits per heavy atom. The molecule has 0 aromatic heterocycles. The molecule has 0 amide bonds. The van der Waals surface area contributed by atoms with Crippen molar-refractivity contribution in [3.63, 3.8) is 0 Å². The quantitative estimate of drug-likeness (QED) is 0.674. The summed E-state index contributed by atoms with van der Waals surface area (Å²) in [7, 11) is 0. The maximum atomic E-state index is 13.5. The van der Waals surface area contributed by atoms with Crippen LogP contribution in [0.1, 0.15) is 17.2 Å². The second-order valence-electron chi connectivity index (χ2n) is 3.82. The van der Waals surface area contributed by atoms with E-state index in [2.05, 4.69) is 21.4 Å². The van der Waals surface area contributed by atoms with Gasteiger partial charge in [0.25, 0.3) is 0 Å². The summed E-state index contributed by atoms with van der Waals surface area (Å²) in [5.41, 5.74) is 4.03. The Kier molecular flexibility index (Phi) is 4.06. The first-order valence-electron chi connectivity index (χ1n) is 5.28. The van der Waals surface area contributed by atoms with Crippen LogP contribution in [0.25, 0.3) is 0 Å². The van der Waals surface area contributed by atoms with Crippen molar-refractivity contribution in [1.82, 2.24) is 5.43 Å². The summed E-state index contributed by atoms with van der Waals surface area (Å²) >= 11 is 3.09. The predicted octanol–water partition coefficient (Wildman–Crippen LogP) is 3.28. The van der Waals surface area contributed by atoms with Crippen molar-refractivity contribution >= 4 is 15.9 Å². The molecule has 18 heavy (non-hydrogen) atoms. The van der Waals surface area contributed by atoms with Crippen LogP contribution in [0.2, 0.25) is 0 Å². The molecule has 0 fully saturated rings. The van der Waals surface area contributed by atoms with E-state index < -0.39 is 0 Å². The average molecular weight is 313 g/mol. The Morgan fingerprint density at radius 2 is 1.61 bits per heavy atom. The van der Waals surface area contributed by atoms with Crippen molar-refractivity contribution in [3.8, 4) is 0 Å². The van der Waals surface area contributed by atoms with E-state index in [1.165, 1.54) is 18.2 Å². The van der Waals surface area contributed by atoms with Gasteiger partial charge in [0.2, 0.25) is 0 Å². The first kappa shape index (κ1) is 13.1. The third-order valence-electron chi connectivity index (χ3n) is 2.65. The Balaban J connectivity index is 2.38.